The Balaban J connectivity index is 2.01. The third kappa shape index (κ3) is 2.92. The van der Waals surface area contributed by atoms with Crippen molar-refractivity contribution in [3.63, 3.8) is 0 Å². The average Bonchev–Trinajstić information content (AvgIpc) is 2.94. The Morgan fingerprint density at radius 2 is 1.81 bits per heavy atom. The van der Waals surface area contributed by atoms with Crippen molar-refractivity contribution in [2.75, 3.05) is 31.1 Å². The molecule has 0 unspecified atom stereocenters. The highest BCUT2D eigenvalue weighted by molar-refractivity contribution is 6.30. The van der Waals surface area contributed by atoms with Gasteiger partial charge < -0.3 is 10.2 Å². The van der Waals surface area contributed by atoms with Gasteiger partial charge in [-0.25, -0.2) is 4.68 Å². The summed E-state index contributed by atoms with van der Waals surface area (Å²) in [6.45, 7) is 8.57. The molecule has 112 valence electrons. The molecule has 1 aromatic heterocycles. The molecule has 0 bridgehead atoms. The molecule has 3 rings (SSSR count). The van der Waals surface area contributed by atoms with Gasteiger partial charge in [0.05, 0.1) is 23.3 Å². The maximum Gasteiger partial charge on any atom is 0.0793 e. The highest BCUT2D eigenvalue weighted by atomic mass is 35.5. The Bertz CT molecular complexity index is 597. The number of nitrogens with one attached hydrogen (secondary N) is 1. The van der Waals surface area contributed by atoms with Crippen molar-refractivity contribution >= 4 is 17.3 Å². The maximum absolute atomic E-state index is 5.98. The van der Waals surface area contributed by atoms with E-state index < -0.39 is 0 Å². The molecule has 4 nitrogen and oxygen atoms in total. The van der Waals surface area contributed by atoms with Crippen molar-refractivity contribution in [2.24, 2.45) is 0 Å². The Hall–Kier alpha value is -1.52. The van der Waals surface area contributed by atoms with Crippen molar-refractivity contribution in [3.8, 4) is 5.69 Å². The number of aromatic nitrogens is 2. The quantitative estimate of drug-likeness (QED) is 0.946. The minimum Gasteiger partial charge on any atom is -0.366 e. The Labute approximate surface area is 130 Å². The number of hydrogen-bond donors (Lipinski definition) is 1. The minimum atomic E-state index is 0.410. The van der Waals surface area contributed by atoms with Gasteiger partial charge in [0, 0.05) is 31.2 Å². The summed E-state index contributed by atoms with van der Waals surface area (Å²) in [5, 5.41) is 8.77. The van der Waals surface area contributed by atoms with Crippen LogP contribution in [0.1, 0.15) is 25.5 Å². The van der Waals surface area contributed by atoms with Crippen LogP contribution >= 0.6 is 11.6 Å². The molecule has 1 aromatic carbocycles. The predicted octanol–water partition coefficient (Wildman–Crippen LogP) is 3.06. The van der Waals surface area contributed by atoms with E-state index in [1.807, 2.05) is 35.1 Å². The van der Waals surface area contributed by atoms with Gasteiger partial charge in [0.1, 0.15) is 0 Å². The highest BCUT2D eigenvalue weighted by Crippen LogP contribution is 2.30. The van der Waals surface area contributed by atoms with Crippen molar-refractivity contribution in [1.29, 1.82) is 0 Å². The van der Waals surface area contributed by atoms with Crippen LogP contribution in [0.2, 0.25) is 5.02 Å². The van der Waals surface area contributed by atoms with E-state index in [1.165, 1.54) is 11.4 Å². The van der Waals surface area contributed by atoms with Crippen LogP contribution in [0.15, 0.2) is 30.5 Å². The SMILES string of the molecule is CC(C)c1c(N2CCNCC2)cnn1-c1ccc(Cl)cc1. The first-order valence-corrected chi connectivity index (χ1v) is 7.84. The third-order valence-corrected chi connectivity index (χ3v) is 4.11. The van der Waals surface area contributed by atoms with E-state index in [4.69, 9.17) is 11.6 Å². The fourth-order valence-electron chi connectivity index (χ4n) is 2.83. The van der Waals surface area contributed by atoms with E-state index in [2.05, 4.69) is 29.2 Å². The molecule has 0 saturated carbocycles. The highest BCUT2D eigenvalue weighted by Gasteiger charge is 2.21. The van der Waals surface area contributed by atoms with Gasteiger partial charge in [0.15, 0.2) is 0 Å². The molecule has 1 aliphatic rings. The first-order chi connectivity index (χ1) is 10.2. The Kier molecular flexibility index (Phi) is 4.17. The first-order valence-electron chi connectivity index (χ1n) is 7.46. The zero-order chi connectivity index (χ0) is 14.8. The second-order valence-electron chi connectivity index (χ2n) is 5.70. The number of anilines is 1. The normalized spacial score (nSPS) is 15.7. The molecule has 0 amide bonds. The van der Waals surface area contributed by atoms with E-state index in [0.717, 1.165) is 36.9 Å². The van der Waals surface area contributed by atoms with Crippen molar-refractivity contribution in [1.82, 2.24) is 15.1 Å². The minimum absolute atomic E-state index is 0.410. The zero-order valence-corrected chi connectivity index (χ0v) is 13.3. The van der Waals surface area contributed by atoms with Crippen LogP contribution in [0.5, 0.6) is 0 Å². The lowest BCUT2D eigenvalue weighted by molar-refractivity contribution is 0.585. The van der Waals surface area contributed by atoms with Gasteiger partial charge in [-0.3, -0.25) is 0 Å². The average molecular weight is 305 g/mol. The molecular weight excluding hydrogens is 284 g/mol. The van der Waals surface area contributed by atoms with E-state index in [0.29, 0.717) is 5.92 Å². The maximum atomic E-state index is 5.98. The monoisotopic (exact) mass is 304 g/mol. The van der Waals surface area contributed by atoms with Gasteiger partial charge in [-0.15, -0.1) is 0 Å². The zero-order valence-electron chi connectivity index (χ0n) is 12.5. The smallest absolute Gasteiger partial charge is 0.0793 e. The second kappa shape index (κ2) is 6.08. The summed E-state index contributed by atoms with van der Waals surface area (Å²) in [7, 11) is 0. The Morgan fingerprint density at radius 3 is 2.43 bits per heavy atom. The lowest BCUT2D eigenvalue weighted by Gasteiger charge is -2.30. The van der Waals surface area contributed by atoms with Crippen LogP contribution in [0.25, 0.3) is 5.69 Å². The first kappa shape index (κ1) is 14.4. The number of benzene rings is 1. The molecule has 0 spiro atoms. The molecule has 1 saturated heterocycles. The van der Waals surface area contributed by atoms with Crippen LogP contribution < -0.4 is 10.2 Å². The Morgan fingerprint density at radius 1 is 1.14 bits per heavy atom. The predicted molar refractivity (Wildman–Crippen MR) is 87.7 cm³/mol. The standard InChI is InChI=1S/C16H21ClN4/c1-12(2)16-15(20-9-7-18-8-10-20)11-19-21(16)14-5-3-13(17)4-6-14/h3-6,11-12,18H,7-10H2,1-2H3. The second-order valence-corrected chi connectivity index (χ2v) is 6.13. The molecular formula is C16H21ClN4. The van der Waals surface area contributed by atoms with Gasteiger partial charge >= 0.3 is 0 Å². The molecule has 1 aliphatic heterocycles. The molecule has 1 fully saturated rings. The largest absolute Gasteiger partial charge is 0.366 e. The molecule has 2 aromatic rings. The molecule has 1 N–H and O–H groups in total. The summed E-state index contributed by atoms with van der Waals surface area (Å²) >= 11 is 5.98. The van der Waals surface area contributed by atoms with Gasteiger partial charge in [-0.05, 0) is 30.2 Å². The molecule has 0 radical (unpaired) electrons. The number of nitrogens with zero attached hydrogens (tertiary/aromatic N) is 3. The van der Waals surface area contributed by atoms with Crippen molar-refractivity contribution in [3.05, 3.63) is 41.2 Å². The number of piperazine rings is 1. The van der Waals surface area contributed by atoms with Crippen LogP contribution in [-0.2, 0) is 0 Å². The van der Waals surface area contributed by atoms with Crippen molar-refractivity contribution < 1.29 is 0 Å². The summed E-state index contributed by atoms with van der Waals surface area (Å²) in [5.74, 6) is 0.410. The molecule has 2 heterocycles. The summed E-state index contributed by atoms with van der Waals surface area (Å²) in [6.07, 6.45) is 2.00. The topological polar surface area (TPSA) is 33.1 Å². The fourth-order valence-corrected chi connectivity index (χ4v) is 2.95. The number of halogens is 1. The summed E-state index contributed by atoms with van der Waals surface area (Å²) in [5.41, 5.74) is 3.57. The molecule has 0 atom stereocenters. The van der Waals surface area contributed by atoms with E-state index in [-0.39, 0.29) is 0 Å². The molecule has 0 aliphatic carbocycles. The van der Waals surface area contributed by atoms with Crippen LogP contribution in [0.4, 0.5) is 5.69 Å². The summed E-state index contributed by atoms with van der Waals surface area (Å²) in [4.78, 5) is 2.42. The van der Waals surface area contributed by atoms with Crippen LogP contribution in [0, 0.1) is 0 Å². The van der Waals surface area contributed by atoms with E-state index in [9.17, 15) is 0 Å². The summed E-state index contributed by atoms with van der Waals surface area (Å²) < 4.78 is 2.04. The van der Waals surface area contributed by atoms with E-state index in [1.54, 1.807) is 0 Å². The molecule has 21 heavy (non-hydrogen) atoms. The van der Waals surface area contributed by atoms with Gasteiger partial charge in [-0.1, -0.05) is 25.4 Å². The summed E-state index contributed by atoms with van der Waals surface area (Å²) in [6, 6.07) is 7.85. The lowest BCUT2D eigenvalue weighted by atomic mass is 10.1. The third-order valence-electron chi connectivity index (χ3n) is 3.86. The number of hydrogen-bond acceptors (Lipinski definition) is 3. The fraction of sp³-hybridized carbons (Fsp3) is 0.438. The van der Waals surface area contributed by atoms with Crippen LogP contribution in [0.3, 0.4) is 0 Å². The van der Waals surface area contributed by atoms with Crippen molar-refractivity contribution in [2.45, 2.75) is 19.8 Å². The van der Waals surface area contributed by atoms with Gasteiger partial charge in [0.2, 0.25) is 0 Å². The van der Waals surface area contributed by atoms with Gasteiger partial charge in [-0.2, -0.15) is 5.10 Å². The van der Waals surface area contributed by atoms with Gasteiger partial charge in [0.25, 0.3) is 0 Å². The lowest BCUT2D eigenvalue weighted by Crippen LogP contribution is -2.43. The van der Waals surface area contributed by atoms with E-state index >= 15 is 0 Å². The number of rotatable bonds is 3. The van der Waals surface area contributed by atoms with Crippen LogP contribution in [-0.4, -0.2) is 36.0 Å². The molecule has 5 heteroatoms.